The number of H-pyrrole nitrogens is 1. The van der Waals surface area contributed by atoms with E-state index in [1.165, 1.54) is 0 Å². The largest absolute Gasteiger partial charge is 0.481 e. The summed E-state index contributed by atoms with van der Waals surface area (Å²) in [5, 5.41) is 8.65. The number of hydrogen-bond acceptors (Lipinski definition) is 5. The maximum absolute atomic E-state index is 11.5. The Kier molecular flexibility index (Phi) is 5.62. The molecule has 0 amide bonds. The SMILES string of the molecule is CC.COC1=CC=C(c2cc(C)c(=O)[nH]n2)C2=CC(C(C)C)NN12. The Morgan fingerprint density at radius 1 is 1.29 bits per heavy atom. The van der Waals surface area contributed by atoms with Crippen molar-refractivity contribution in [2.75, 3.05) is 7.11 Å². The van der Waals surface area contributed by atoms with E-state index in [0.29, 0.717) is 11.5 Å². The minimum Gasteiger partial charge on any atom is -0.481 e. The summed E-state index contributed by atoms with van der Waals surface area (Å²) in [5.74, 6) is 1.18. The van der Waals surface area contributed by atoms with Gasteiger partial charge in [0.15, 0.2) is 0 Å². The molecule has 2 aliphatic heterocycles. The van der Waals surface area contributed by atoms with Gasteiger partial charge in [-0.25, -0.2) is 15.5 Å². The van der Waals surface area contributed by atoms with E-state index in [9.17, 15) is 4.79 Å². The second-order valence-electron chi connectivity index (χ2n) is 5.84. The summed E-state index contributed by atoms with van der Waals surface area (Å²) >= 11 is 0. The van der Waals surface area contributed by atoms with Gasteiger partial charge >= 0.3 is 0 Å². The van der Waals surface area contributed by atoms with Crippen molar-refractivity contribution in [1.29, 1.82) is 0 Å². The molecule has 0 saturated heterocycles. The number of rotatable bonds is 3. The maximum Gasteiger partial charge on any atom is 0.267 e. The van der Waals surface area contributed by atoms with Crippen molar-refractivity contribution in [1.82, 2.24) is 20.6 Å². The smallest absolute Gasteiger partial charge is 0.267 e. The van der Waals surface area contributed by atoms with Gasteiger partial charge in [0, 0.05) is 23.3 Å². The van der Waals surface area contributed by atoms with Gasteiger partial charge in [0.1, 0.15) is 0 Å². The predicted molar refractivity (Wildman–Crippen MR) is 95.7 cm³/mol. The topological polar surface area (TPSA) is 70.2 Å². The van der Waals surface area contributed by atoms with E-state index >= 15 is 0 Å². The third-order valence-corrected chi connectivity index (χ3v) is 3.94. The number of ether oxygens (including phenoxy) is 1. The summed E-state index contributed by atoms with van der Waals surface area (Å²) in [5.41, 5.74) is 6.60. The van der Waals surface area contributed by atoms with Gasteiger partial charge < -0.3 is 4.74 Å². The zero-order chi connectivity index (χ0) is 17.9. The van der Waals surface area contributed by atoms with E-state index in [4.69, 9.17) is 4.74 Å². The number of aromatic nitrogens is 2. The summed E-state index contributed by atoms with van der Waals surface area (Å²) in [6, 6.07) is 2.02. The number of nitrogens with one attached hydrogen (secondary N) is 2. The molecular formula is C18H26N4O2. The summed E-state index contributed by atoms with van der Waals surface area (Å²) in [4.78, 5) is 11.5. The van der Waals surface area contributed by atoms with Gasteiger partial charge in [0.05, 0.1) is 18.5 Å². The fourth-order valence-corrected chi connectivity index (χ4v) is 2.57. The average Bonchev–Trinajstić information content (AvgIpc) is 3.04. The van der Waals surface area contributed by atoms with E-state index in [1.54, 1.807) is 20.1 Å². The van der Waals surface area contributed by atoms with Crippen LogP contribution in [-0.2, 0) is 4.74 Å². The molecule has 2 N–H and O–H groups in total. The van der Waals surface area contributed by atoms with Crippen LogP contribution >= 0.6 is 0 Å². The van der Waals surface area contributed by atoms with Gasteiger partial charge in [-0.15, -0.1) is 0 Å². The van der Waals surface area contributed by atoms with Gasteiger partial charge in [0.2, 0.25) is 5.88 Å². The van der Waals surface area contributed by atoms with Crippen LogP contribution in [0.2, 0.25) is 0 Å². The van der Waals surface area contributed by atoms with Crippen molar-refractivity contribution in [2.24, 2.45) is 5.92 Å². The molecule has 0 radical (unpaired) electrons. The Labute approximate surface area is 142 Å². The highest BCUT2D eigenvalue weighted by Gasteiger charge is 2.32. The van der Waals surface area contributed by atoms with Crippen molar-refractivity contribution in [2.45, 2.75) is 40.7 Å². The number of hydrazine groups is 1. The first kappa shape index (κ1) is 18.0. The van der Waals surface area contributed by atoms with E-state index in [0.717, 1.165) is 22.8 Å². The minimum absolute atomic E-state index is 0.163. The molecule has 130 valence electrons. The molecule has 3 rings (SSSR count). The number of allylic oxidation sites excluding steroid dienone is 3. The fraction of sp³-hybridized carbons (Fsp3) is 0.444. The first-order chi connectivity index (χ1) is 11.5. The molecule has 0 fully saturated rings. The minimum atomic E-state index is -0.163. The molecule has 3 heterocycles. The van der Waals surface area contributed by atoms with Crippen molar-refractivity contribution >= 4 is 5.57 Å². The van der Waals surface area contributed by atoms with Crippen LogP contribution in [0.3, 0.4) is 0 Å². The fourth-order valence-electron chi connectivity index (χ4n) is 2.57. The van der Waals surface area contributed by atoms with Gasteiger partial charge in [-0.2, -0.15) is 5.10 Å². The lowest BCUT2D eigenvalue weighted by Gasteiger charge is -2.29. The van der Waals surface area contributed by atoms with Gasteiger partial charge in [-0.1, -0.05) is 27.7 Å². The maximum atomic E-state index is 11.5. The normalized spacial score (nSPS) is 19.0. The summed E-state index contributed by atoms with van der Waals surface area (Å²) in [6.07, 6.45) is 6.03. The first-order valence-electron chi connectivity index (χ1n) is 8.32. The molecule has 0 bridgehead atoms. The molecule has 0 aliphatic carbocycles. The van der Waals surface area contributed by atoms with Crippen molar-refractivity contribution in [3.8, 4) is 0 Å². The Morgan fingerprint density at radius 2 is 2.00 bits per heavy atom. The van der Waals surface area contributed by atoms with Crippen molar-refractivity contribution in [3.05, 3.63) is 57.5 Å². The standard InChI is InChI=1S/C16H20N4O2.C2H6/c1-9(2)12-8-14-11(5-6-15(22-4)20(14)19-12)13-7-10(3)16(21)18-17-13;1-2/h5-9,12,19H,1-4H3,(H,18,21);1-2H3. The number of nitrogens with zero attached hydrogens (tertiary/aromatic N) is 2. The monoisotopic (exact) mass is 330 g/mol. The first-order valence-corrected chi connectivity index (χ1v) is 8.32. The van der Waals surface area contributed by atoms with Crippen LogP contribution in [0.15, 0.2) is 40.7 Å². The molecule has 1 aromatic heterocycles. The lowest BCUT2D eigenvalue weighted by atomic mass is 10.0. The summed E-state index contributed by atoms with van der Waals surface area (Å²) < 4.78 is 5.42. The van der Waals surface area contributed by atoms with Crippen LogP contribution in [0.25, 0.3) is 5.57 Å². The predicted octanol–water partition coefficient (Wildman–Crippen LogP) is 2.72. The van der Waals surface area contributed by atoms with E-state index in [1.807, 2.05) is 31.0 Å². The van der Waals surface area contributed by atoms with Crippen LogP contribution in [0, 0.1) is 12.8 Å². The summed E-state index contributed by atoms with van der Waals surface area (Å²) in [7, 11) is 1.65. The van der Waals surface area contributed by atoms with Gasteiger partial charge in [0.25, 0.3) is 5.56 Å². The van der Waals surface area contributed by atoms with Crippen LogP contribution in [-0.4, -0.2) is 28.4 Å². The molecule has 0 spiro atoms. The lowest BCUT2D eigenvalue weighted by molar-refractivity contribution is 0.141. The van der Waals surface area contributed by atoms with E-state index in [2.05, 4.69) is 35.5 Å². The molecule has 2 aliphatic rings. The number of hydrogen-bond donors (Lipinski definition) is 2. The van der Waals surface area contributed by atoms with Crippen LogP contribution in [0.5, 0.6) is 0 Å². The van der Waals surface area contributed by atoms with E-state index in [-0.39, 0.29) is 11.6 Å². The van der Waals surface area contributed by atoms with Gasteiger partial charge in [-0.3, -0.25) is 4.79 Å². The Balaban J connectivity index is 0.00000100. The molecular weight excluding hydrogens is 304 g/mol. The third-order valence-electron chi connectivity index (χ3n) is 3.94. The van der Waals surface area contributed by atoms with Crippen molar-refractivity contribution in [3.63, 3.8) is 0 Å². The Bertz CT molecular complexity index is 744. The second-order valence-corrected chi connectivity index (χ2v) is 5.84. The molecule has 0 saturated carbocycles. The highest BCUT2D eigenvalue weighted by Crippen LogP contribution is 2.35. The second kappa shape index (κ2) is 7.49. The average molecular weight is 330 g/mol. The molecule has 0 aromatic carbocycles. The lowest BCUT2D eigenvalue weighted by Crippen LogP contribution is -2.40. The molecule has 1 unspecified atom stereocenters. The van der Waals surface area contributed by atoms with E-state index < -0.39 is 0 Å². The number of aromatic amines is 1. The van der Waals surface area contributed by atoms with Gasteiger partial charge in [-0.05, 0) is 31.1 Å². The highest BCUT2D eigenvalue weighted by molar-refractivity contribution is 5.80. The zero-order valence-electron chi connectivity index (χ0n) is 15.2. The van der Waals surface area contributed by atoms with Crippen LogP contribution in [0.4, 0.5) is 0 Å². The van der Waals surface area contributed by atoms with Crippen LogP contribution in [0.1, 0.15) is 39.0 Å². The Hall–Kier alpha value is -2.34. The quantitative estimate of drug-likeness (QED) is 0.892. The number of fused-ring (bicyclic) bond motifs is 1. The zero-order valence-corrected chi connectivity index (χ0v) is 15.2. The molecule has 6 nitrogen and oxygen atoms in total. The number of aryl methyl sites for hydroxylation is 1. The molecule has 1 aromatic rings. The molecule has 6 heteroatoms. The third kappa shape index (κ3) is 3.28. The number of methoxy groups -OCH3 is 1. The summed E-state index contributed by atoms with van der Waals surface area (Å²) in [6.45, 7) is 10.1. The van der Waals surface area contributed by atoms with Crippen LogP contribution < -0.4 is 11.0 Å². The van der Waals surface area contributed by atoms with Crippen molar-refractivity contribution < 1.29 is 4.74 Å². The highest BCUT2D eigenvalue weighted by atomic mass is 16.5. The molecule has 24 heavy (non-hydrogen) atoms. The molecule has 1 atom stereocenters. The Morgan fingerprint density at radius 3 is 2.58 bits per heavy atom.